The number of rotatable bonds is 3. The molecule has 0 radical (unpaired) electrons. The average Bonchev–Trinajstić information content (AvgIpc) is 3.91. The highest BCUT2D eigenvalue weighted by Gasteiger charge is 2.78. The van der Waals surface area contributed by atoms with Gasteiger partial charge >= 0.3 is 17.8 Å². The molecule has 1 aromatic heterocycles. The number of aromatic nitrogens is 1. The lowest BCUT2D eigenvalue weighted by Gasteiger charge is -2.37. The normalized spacial score (nSPS) is 29.3. The minimum atomic E-state index is -5.12. The van der Waals surface area contributed by atoms with Gasteiger partial charge < -0.3 is 46.1 Å². The second-order valence-corrected chi connectivity index (χ2v) is 17.4. The minimum absolute atomic E-state index is 0.107. The van der Waals surface area contributed by atoms with E-state index in [-0.39, 0.29) is 65.5 Å². The number of aliphatic hydroxyl groups is 1. The zero-order valence-electron chi connectivity index (χ0n) is 32.0. The van der Waals surface area contributed by atoms with Crippen LogP contribution in [0.25, 0.3) is 0 Å². The van der Waals surface area contributed by atoms with Crippen LogP contribution in [0.15, 0.2) is 63.4 Å². The fraction of sp³-hybridized carbons (Fsp3) is 0.486. The van der Waals surface area contributed by atoms with Gasteiger partial charge in [-0.05, 0) is 32.3 Å². The Balaban J connectivity index is 1.52. The molecule has 1 fully saturated rings. The number of aliphatic hydroxyl groups excluding tert-OH is 1. The van der Waals surface area contributed by atoms with Crippen LogP contribution < -0.4 is 26.6 Å². The van der Waals surface area contributed by atoms with Crippen molar-refractivity contribution in [2.75, 3.05) is 13.2 Å². The Bertz CT molecular complexity index is 2090. The molecule has 324 valence electrons. The van der Waals surface area contributed by atoms with Gasteiger partial charge in [-0.15, -0.1) is 24.0 Å². The number of alkyl halides is 4. The van der Waals surface area contributed by atoms with Crippen molar-refractivity contribution in [3.63, 3.8) is 0 Å². The Morgan fingerprint density at radius 2 is 1.68 bits per heavy atom. The number of carbonyl (C=O) groups is 6. The van der Waals surface area contributed by atoms with Crippen LogP contribution in [0.2, 0.25) is 0 Å². The topological polar surface area (TPSA) is 217 Å². The third-order valence-corrected chi connectivity index (χ3v) is 12.9. The van der Waals surface area contributed by atoms with Crippen LogP contribution in [-0.2, 0) is 51.3 Å². The van der Waals surface area contributed by atoms with Gasteiger partial charge in [-0.25, -0.2) is 4.98 Å². The summed E-state index contributed by atoms with van der Waals surface area (Å²) in [6.07, 6.45) is -0.199. The first-order chi connectivity index (χ1) is 28.4. The molecule has 6 rings (SSSR count). The number of esters is 1. The number of thiazole rings is 1. The molecule has 0 saturated carbocycles. The van der Waals surface area contributed by atoms with Gasteiger partial charge in [0.15, 0.2) is 10.1 Å². The van der Waals surface area contributed by atoms with Crippen molar-refractivity contribution in [3.8, 4) is 0 Å². The zero-order valence-corrected chi connectivity index (χ0v) is 34.5. The van der Waals surface area contributed by atoms with E-state index in [9.17, 15) is 33.9 Å². The molecule has 16 nitrogen and oxygen atoms in total. The van der Waals surface area contributed by atoms with Crippen molar-refractivity contribution < 1.29 is 60.9 Å². The number of cyclic esters (lactones) is 1. The first kappa shape index (κ1) is 44.7. The van der Waals surface area contributed by atoms with E-state index in [2.05, 4.69) is 44.2 Å². The Labute approximate surface area is 354 Å². The van der Waals surface area contributed by atoms with Crippen LogP contribution in [0.3, 0.4) is 0 Å². The summed E-state index contributed by atoms with van der Waals surface area (Å²) in [5, 5.41) is 21.9. The number of nitrogens with zero attached hydrogens (tertiary/aromatic N) is 2. The largest absolute Gasteiger partial charge is 0.488 e. The molecular weight excluding hydrogens is 859 g/mol. The van der Waals surface area contributed by atoms with Crippen molar-refractivity contribution in [1.29, 1.82) is 0 Å². The number of amides is 5. The predicted molar refractivity (Wildman–Crippen MR) is 209 cm³/mol. The summed E-state index contributed by atoms with van der Waals surface area (Å²) in [5.74, 6) is -16.8. The molecule has 6 N–H and O–H groups in total. The first-order valence-corrected chi connectivity index (χ1v) is 20.7. The molecule has 4 aliphatic rings. The molecule has 1 aromatic carbocycles. The van der Waals surface area contributed by atoms with Gasteiger partial charge in [-0.2, -0.15) is 17.6 Å². The van der Waals surface area contributed by atoms with Gasteiger partial charge in [-0.1, -0.05) is 42.1 Å². The highest BCUT2D eigenvalue weighted by Crippen LogP contribution is 2.63. The van der Waals surface area contributed by atoms with Gasteiger partial charge in [0.2, 0.25) is 34.4 Å². The van der Waals surface area contributed by atoms with Gasteiger partial charge in [-0.3, -0.25) is 28.8 Å². The molecule has 6 atom stereocenters. The molecule has 1 saturated heterocycles. The van der Waals surface area contributed by atoms with E-state index in [1.54, 1.807) is 30.3 Å². The summed E-state index contributed by atoms with van der Waals surface area (Å²) in [4.78, 5) is 82.2. The van der Waals surface area contributed by atoms with Crippen molar-refractivity contribution in [3.05, 3.63) is 69.5 Å². The molecule has 5 amide bonds. The van der Waals surface area contributed by atoms with E-state index in [1.165, 1.54) is 11.1 Å². The maximum Gasteiger partial charge on any atom is 0.353 e. The smallest absolute Gasteiger partial charge is 0.353 e. The van der Waals surface area contributed by atoms with Crippen molar-refractivity contribution in [2.45, 2.75) is 104 Å². The minimum Gasteiger partial charge on any atom is -0.488 e. The highest BCUT2D eigenvalue weighted by atomic mass is 32.2. The Morgan fingerprint density at radius 3 is 2.40 bits per heavy atom. The lowest BCUT2D eigenvalue weighted by atomic mass is 10.0. The number of ether oxygens (including phenoxy) is 2. The van der Waals surface area contributed by atoms with E-state index in [4.69, 9.17) is 9.47 Å². The Morgan fingerprint density at radius 1 is 0.967 bits per heavy atom. The van der Waals surface area contributed by atoms with E-state index in [0.29, 0.717) is 12.0 Å². The first-order valence-electron chi connectivity index (χ1n) is 18.6. The fourth-order valence-electron chi connectivity index (χ4n) is 6.90. The number of thioether (sulfide) groups is 1. The number of allylic oxidation sites excluding steroid dienone is 2. The van der Waals surface area contributed by atoms with E-state index in [1.807, 2.05) is 0 Å². The van der Waals surface area contributed by atoms with Crippen molar-refractivity contribution >= 4 is 71.2 Å². The number of nitrogens with one attached hydrogen (secondary N) is 5. The van der Waals surface area contributed by atoms with E-state index < -0.39 is 99.8 Å². The maximum absolute atomic E-state index is 16.4. The molecule has 1 aliphatic carbocycles. The van der Waals surface area contributed by atoms with Crippen molar-refractivity contribution in [1.82, 2.24) is 36.5 Å². The van der Waals surface area contributed by atoms with Crippen LogP contribution in [0, 0.1) is 0 Å². The quantitative estimate of drug-likeness (QED) is 0.134. The van der Waals surface area contributed by atoms with Crippen LogP contribution in [-0.4, -0.2) is 111 Å². The summed E-state index contributed by atoms with van der Waals surface area (Å²) in [6, 6.07) is 1.97. The molecule has 23 heteroatoms. The summed E-state index contributed by atoms with van der Waals surface area (Å²) >= 11 is 4.97. The Hall–Kier alpha value is -4.87. The van der Waals surface area contributed by atoms with Crippen molar-refractivity contribution in [2.24, 2.45) is 0 Å². The second-order valence-electron chi connectivity index (χ2n) is 14.4. The van der Waals surface area contributed by atoms with Gasteiger partial charge in [0.05, 0.1) is 17.9 Å². The number of hydrogen-bond acceptors (Lipinski definition) is 14. The molecule has 4 heterocycles. The molecule has 2 aromatic rings. The number of halogens is 4. The number of thiol groups is 1. The second kappa shape index (κ2) is 18.0. The number of carbonyl (C=O) groups excluding carboxylic acids is 6. The Kier molecular flexibility index (Phi) is 13.4. The molecular formula is C37H41F4N7O9S3. The zero-order chi connectivity index (χ0) is 43.6. The standard InChI is InChI=1S/C37H41F4N7O9S3/c1-18-14-42-30(52)23(16-49)45-31(53)22(13-20-7-4-3-5-8-20)44-33(55)27-19(2)57-28-29(35(38,39)37(40,41)36(28,58)47-18)60-34-43-15-21(59-34)17-56-26(51)11-10-25(50)48-12-6-9-24(48)32(54)46-27/h3-5,7-8,14-15,19,22-24,27,47,49,58H,6,9-13,16-17H2,1-2H3,(H,42,52)(H,44,55)(H,45,53)(H,46,54)/t19?,22-,23-,24-,27?,36?/m0/s1. The van der Waals surface area contributed by atoms with Crippen LogP contribution in [0.5, 0.6) is 0 Å². The van der Waals surface area contributed by atoms with Gasteiger partial charge in [0.25, 0.3) is 0 Å². The van der Waals surface area contributed by atoms with Crippen LogP contribution >= 0.6 is 35.7 Å². The summed E-state index contributed by atoms with van der Waals surface area (Å²) in [6.45, 7) is 1.05. The molecule has 3 unspecified atom stereocenters. The van der Waals surface area contributed by atoms with Crippen LogP contribution in [0.1, 0.15) is 50.0 Å². The molecule has 3 aliphatic heterocycles. The number of benzene rings is 1. The molecule has 4 bridgehead atoms. The number of fused-ring (bicyclic) bond motifs is 5. The summed E-state index contributed by atoms with van der Waals surface area (Å²) in [5.41, 5.74) is 0.149. The van der Waals surface area contributed by atoms with Crippen LogP contribution in [0.4, 0.5) is 17.6 Å². The van der Waals surface area contributed by atoms with E-state index >= 15 is 17.6 Å². The summed E-state index contributed by atoms with van der Waals surface area (Å²) < 4.78 is 76.6. The predicted octanol–water partition coefficient (Wildman–Crippen LogP) is 1.86. The average molecular weight is 900 g/mol. The third kappa shape index (κ3) is 9.08. The van der Waals surface area contributed by atoms with Gasteiger partial charge in [0, 0.05) is 37.5 Å². The molecule has 0 spiro atoms. The highest BCUT2D eigenvalue weighted by molar-refractivity contribution is 8.04. The summed E-state index contributed by atoms with van der Waals surface area (Å²) in [7, 11) is 0. The lowest BCUT2D eigenvalue weighted by molar-refractivity contribution is -0.189. The molecule has 60 heavy (non-hydrogen) atoms. The maximum atomic E-state index is 16.4. The monoisotopic (exact) mass is 899 g/mol. The number of hydrogen-bond donors (Lipinski definition) is 7. The fourth-order valence-corrected chi connectivity index (χ4v) is 9.57. The third-order valence-electron chi connectivity index (χ3n) is 10.1. The SMILES string of the molecule is CC1=CNC(=O)[C@H](CO)NC(=O)[C@H](Cc2ccccc2)NC(=O)C2NC(=O)[C@@H]3CCCN3C(=O)CCC(=O)OCc3cnc(s3)SC3=C(OC2C)C(S)(N1)C(F)(F)C3(F)F. The van der Waals surface area contributed by atoms with E-state index in [0.717, 1.165) is 31.4 Å². The van der Waals surface area contributed by atoms with Gasteiger partial charge in [0.1, 0.15) is 41.8 Å². The lowest BCUT2D eigenvalue weighted by Crippen LogP contribution is -2.62.